The maximum Gasteiger partial charge on any atom is 0.351 e. The smallest absolute Gasteiger partial charge is 0.351 e. The fraction of sp³-hybridized carbons (Fsp3) is 0.706. The minimum atomic E-state index is -0.844. The summed E-state index contributed by atoms with van der Waals surface area (Å²) in [5.74, 6) is 0.216. The molecule has 1 aliphatic heterocycles. The molecule has 1 unspecified atom stereocenters. The predicted octanol–water partition coefficient (Wildman–Crippen LogP) is -1.29. The second-order valence-electron chi connectivity index (χ2n) is 6.62. The molecule has 0 radical (unpaired) electrons. The van der Waals surface area contributed by atoms with Crippen LogP contribution in [0.25, 0.3) is 0 Å². The summed E-state index contributed by atoms with van der Waals surface area (Å²) < 4.78 is 6.70. The zero-order valence-electron chi connectivity index (χ0n) is 15.3. The van der Waals surface area contributed by atoms with E-state index in [0.717, 1.165) is 19.3 Å². The first-order chi connectivity index (χ1) is 13.0. The third-order valence-corrected chi connectivity index (χ3v) is 4.60. The molecule has 0 saturated carbocycles. The van der Waals surface area contributed by atoms with Gasteiger partial charge in [-0.1, -0.05) is 6.42 Å². The number of carbonyl (C=O) groups is 1. The predicted molar refractivity (Wildman–Crippen MR) is 99.1 cm³/mol. The van der Waals surface area contributed by atoms with E-state index >= 15 is 0 Å². The van der Waals surface area contributed by atoms with Crippen molar-refractivity contribution in [1.29, 1.82) is 0 Å². The molecule has 2 rings (SSSR count). The quantitative estimate of drug-likeness (QED) is 0.292. The highest BCUT2D eigenvalue weighted by Gasteiger charge is 2.35. The molecular formula is C17H29N5O5. The third kappa shape index (κ3) is 5.81. The number of hydrogen-bond acceptors (Lipinski definition) is 9. The lowest BCUT2D eigenvalue weighted by atomic mass is 10.1. The molecule has 1 aromatic rings. The van der Waals surface area contributed by atoms with Crippen molar-refractivity contribution in [3.8, 4) is 0 Å². The third-order valence-electron chi connectivity index (χ3n) is 4.60. The van der Waals surface area contributed by atoms with Gasteiger partial charge in [0.05, 0.1) is 18.8 Å². The highest BCUT2D eigenvalue weighted by Crippen LogP contribution is 2.27. The van der Waals surface area contributed by atoms with Crippen LogP contribution >= 0.6 is 0 Å². The molecule has 1 saturated heterocycles. The van der Waals surface area contributed by atoms with E-state index in [4.69, 9.17) is 21.3 Å². The number of rotatable bonds is 11. The van der Waals surface area contributed by atoms with Crippen LogP contribution in [0.4, 0.5) is 5.82 Å². The number of nitrogens with one attached hydrogen (secondary N) is 1. The van der Waals surface area contributed by atoms with Gasteiger partial charge in [-0.2, -0.15) is 4.98 Å². The van der Waals surface area contributed by atoms with Gasteiger partial charge >= 0.3 is 5.69 Å². The number of aliphatic hydroxyl groups excluding tert-OH is 2. The number of hydrogen-bond donors (Lipinski definition) is 5. The highest BCUT2D eigenvalue weighted by atomic mass is 16.5. The summed E-state index contributed by atoms with van der Waals surface area (Å²) in [6, 6.07) is 0.933. The fourth-order valence-electron chi connectivity index (χ4n) is 3.01. The molecule has 0 amide bonds. The van der Waals surface area contributed by atoms with Crippen LogP contribution in [0.1, 0.15) is 38.3 Å². The van der Waals surface area contributed by atoms with Gasteiger partial charge in [-0.05, 0) is 25.5 Å². The molecule has 0 aromatic carbocycles. The van der Waals surface area contributed by atoms with Crippen LogP contribution < -0.4 is 22.5 Å². The van der Waals surface area contributed by atoms with Crippen molar-refractivity contribution in [2.45, 2.75) is 56.6 Å². The molecule has 1 fully saturated rings. The number of ketones is 1. The summed E-state index contributed by atoms with van der Waals surface area (Å²) >= 11 is 0. The topological polar surface area (TPSA) is 166 Å². The Labute approximate surface area is 157 Å². The Bertz CT molecular complexity index is 667. The van der Waals surface area contributed by atoms with E-state index < -0.39 is 30.2 Å². The van der Waals surface area contributed by atoms with Crippen LogP contribution in [0.15, 0.2) is 17.1 Å². The Kier molecular flexibility index (Phi) is 8.32. The largest absolute Gasteiger partial charge is 0.394 e. The van der Waals surface area contributed by atoms with Gasteiger partial charge in [0.15, 0.2) is 5.78 Å². The van der Waals surface area contributed by atoms with E-state index in [1.165, 1.54) is 10.8 Å². The van der Waals surface area contributed by atoms with Crippen molar-refractivity contribution in [2.75, 3.05) is 25.0 Å². The Balaban J connectivity index is 1.98. The molecule has 0 bridgehead atoms. The number of aliphatic hydroxyl groups is 2. The number of carbonyl (C=O) groups excluding carboxylic acids is 1. The lowest BCUT2D eigenvalue weighted by molar-refractivity contribution is -0.119. The molecule has 0 aliphatic carbocycles. The first-order valence-corrected chi connectivity index (χ1v) is 9.23. The zero-order valence-corrected chi connectivity index (χ0v) is 15.3. The lowest BCUT2D eigenvalue weighted by Crippen LogP contribution is -2.38. The van der Waals surface area contributed by atoms with Gasteiger partial charge in [0.25, 0.3) is 0 Å². The first-order valence-electron chi connectivity index (χ1n) is 9.23. The number of ether oxygens (including phenoxy) is 1. The van der Waals surface area contributed by atoms with Crippen molar-refractivity contribution >= 4 is 11.6 Å². The maximum atomic E-state index is 12.3. The minimum Gasteiger partial charge on any atom is -0.394 e. The van der Waals surface area contributed by atoms with Crippen LogP contribution in [-0.2, 0) is 9.53 Å². The van der Waals surface area contributed by atoms with Gasteiger partial charge in [0.2, 0.25) is 0 Å². The lowest BCUT2D eigenvalue weighted by Gasteiger charge is -2.18. The fourth-order valence-corrected chi connectivity index (χ4v) is 3.01. The number of anilines is 1. The summed E-state index contributed by atoms with van der Waals surface area (Å²) in [7, 11) is 0. The molecule has 10 heteroatoms. The van der Waals surface area contributed by atoms with Gasteiger partial charge in [0, 0.05) is 25.6 Å². The van der Waals surface area contributed by atoms with Crippen LogP contribution in [0.2, 0.25) is 0 Å². The molecule has 2 heterocycles. The van der Waals surface area contributed by atoms with Crippen LogP contribution in [0, 0.1) is 0 Å². The summed E-state index contributed by atoms with van der Waals surface area (Å²) in [6.45, 7) is 0.370. The highest BCUT2D eigenvalue weighted by molar-refractivity contribution is 5.86. The van der Waals surface area contributed by atoms with E-state index in [-0.39, 0.29) is 31.2 Å². The van der Waals surface area contributed by atoms with E-state index in [2.05, 4.69) is 10.3 Å². The number of unbranched alkanes of at least 4 members (excludes halogenated alkanes) is 2. The summed E-state index contributed by atoms with van der Waals surface area (Å²) in [5.41, 5.74) is 10.5. The molecule has 0 spiro atoms. The maximum absolute atomic E-state index is 12.3. The normalized spacial score (nSPS) is 23.3. The summed E-state index contributed by atoms with van der Waals surface area (Å²) in [6.07, 6.45) is 2.31. The zero-order chi connectivity index (χ0) is 19.8. The summed E-state index contributed by atoms with van der Waals surface area (Å²) in [4.78, 5) is 28.4. The molecule has 10 nitrogen and oxygen atoms in total. The van der Waals surface area contributed by atoms with Gasteiger partial charge in [-0.3, -0.25) is 9.36 Å². The van der Waals surface area contributed by atoms with Crippen molar-refractivity contribution in [2.24, 2.45) is 11.5 Å². The molecule has 27 heavy (non-hydrogen) atoms. The van der Waals surface area contributed by atoms with Gasteiger partial charge < -0.3 is 31.7 Å². The van der Waals surface area contributed by atoms with Crippen molar-refractivity contribution in [1.82, 2.24) is 9.55 Å². The van der Waals surface area contributed by atoms with Crippen molar-refractivity contribution < 1.29 is 19.7 Å². The van der Waals surface area contributed by atoms with Crippen LogP contribution in [0.3, 0.4) is 0 Å². The Morgan fingerprint density at radius 3 is 2.78 bits per heavy atom. The van der Waals surface area contributed by atoms with Gasteiger partial charge in [-0.25, -0.2) is 4.79 Å². The molecule has 1 aromatic heterocycles. The van der Waals surface area contributed by atoms with E-state index in [9.17, 15) is 14.7 Å². The van der Waals surface area contributed by atoms with Crippen LogP contribution in [-0.4, -0.2) is 63.5 Å². The average molecular weight is 383 g/mol. The van der Waals surface area contributed by atoms with Crippen molar-refractivity contribution in [3.05, 3.63) is 22.7 Å². The number of nitrogens with zero attached hydrogens (tertiary/aromatic N) is 2. The monoisotopic (exact) mass is 383 g/mol. The number of Topliss-reactive ketones (excluding diaryl/α,β-unsaturated/α-hetero) is 1. The standard InChI is InChI=1S/C17H29N5O5/c18-6-3-1-2-4-12(24)11(9-19)20-15-5-7-22(17(26)21-15)16-8-13(25)14(10-23)27-16/h5,7,11,13-14,16,23,25H,1-4,6,8-10,18-19H2,(H,20,21,26)/t11?,13-,14+,16+/m0/s1. The number of aromatic nitrogens is 2. The molecular weight excluding hydrogens is 354 g/mol. The molecule has 1 aliphatic rings. The molecule has 7 N–H and O–H groups in total. The molecule has 4 atom stereocenters. The SMILES string of the molecule is NCCCCCC(=O)C(CN)Nc1ccn([C@H]2C[C@H](O)[C@@H](CO)O2)c(=O)n1. The Morgan fingerprint density at radius 1 is 1.41 bits per heavy atom. The minimum absolute atomic E-state index is 0.0338. The second kappa shape index (κ2) is 10.5. The van der Waals surface area contributed by atoms with E-state index in [0.29, 0.717) is 13.0 Å². The Morgan fingerprint density at radius 2 is 2.19 bits per heavy atom. The first kappa shape index (κ1) is 21.5. The number of nitrogens with two attached hydrogens (primary N) is 2. The Hall–Kier alpha value is -1.85. The summed E-state index contributed by atoms with van der Waals surface area (Å²) in [5, 5.41) is 21.8. The van der Waals surface area contributed by atoms with Crippen LogP contribution in [0.5, 0.6) is 0 Å². The second-order valence-corrected chi connectivity index (χ2v) is 6.62. The van der Waals surface area contributed by atoms with Crippen molar-refractivity contribution in [3.63, 3.8) is 0 Å². The van der Waals surface area contributed by atoms with E-state index in [1.54, 1.807) is 6.07 Å². The van der Waals surface area contributed by atoms with Gasteiger partial charge in [0.1, 0.15) is 18.1 Å². The average Bonchev–Trinajstić information content (AvgIpc) is 3.03. The molecule has 152 valence electrons. The van der Waals surface area contributed by atoms with Gasteiger partial charge in [-0.15, -0.1) is 0 Å². The van der Waals surface area contributed by atoms with E-state index in [1.807, 2.05) is 0 Å².